The zero-order valence-corrected chi connectivity index (χ0v) is 25.0. The molecule has 2 fully saturated rings. The number of likely N-dealkylation sites (tertiary alicyclic amines) is 1. The smallest absolute Gasteiger partial charge is 0.283 e. The Balaban J connectivity index is 1.61. The van der Waals surface area contributed by atoms with Crippen molar-refractivity contribution in [3.05, 3.63) is 90.0 Å². The third-order valence-corrected chi connectivity index (χ3v) is 10.8. The van der Waals surface area contributed by atoms with Gasteiger partial charge in [-0.15, -0.1) is 4.40 Å². The van der Waals surface area contributed by atoms with Crippen molar-refractivity contribution in [1.29, 1.82) is 0 Å². The molecule has 11 heteroatoms. The minimum Gasteiger partial charge on any atom is -0.497 e. The molecule has 1 atom stereocenters. The van der Waals surface area contributed by atoms with Crippen LogP contribution in [0.3, 0.4) is 0 Å². The molecule has 218 valence electrons. The minimum absolute atomic E-state index is 0.105. The highest BCUT2D eigenvalue weighted by Gasteiger charge is 2.43. The average molecular weight is 597 g/mol. The fraction of sp³-hybridized carbons (Fsp3) is 0.367. The lowest BCUT2D eigenvalue weighted by Crippen LogP contribution is -2.44. The number of hydrogen-bond donors (Lipinski definition) is 0. The van der Waals surface area contributed by atoms with Crippen molar-refractivity contribution in [2.75, 3.05) is 39.8 Å². The Morgan fingerprint density at radius 1 is 0.805 bits per heavy atom. The van der Waals surface area contributed by atoms with E-state index < -0.39 is 26.2 Å². The fourth-order valence-electron chi connectivity index (χ4n) is 5.37. The molecule has 2 saturated heterocycles. The van der Waals surface area contributed by atoms with Crippen LogP contribution in [0.2, 0.25) is 0 Å². The van der Waals surface area contributed by atoms with Gasteiger partial charge in [-0.1, -0.05) is 54.4 Å². The van der Waals surface area contributed by atoms with E-state index in [1.165, 1.54) is 4.31 Å². The molecule has 2 heterocycles. The van der Waals surface area contributed by atoms with Crippen molar-refractivity contribution in [3.63, 3.8) is 0 Å². The largest absolute Gasteiger partial charge is 0.497 e. The van der Waals surface area contributed by atoms with Crippen LogP contribution in [0.4, 0.5) is 0 Å². The van der Waals surface area contributed by atoms with E-state index >= 15 is 0 Å². The summed E-state index contributed by atoms with van der Waals surface area (Å²) in [5, 5.41) is 0. The van der Waals surface area contributed by atoms with Gasteiger partial charge in [0.05, 0.1) is 23.4 Å². The molecular formula is C30H36N4O5S2. The summed E-state index contributed by atoms with van der Waals surface area (Å²) in [6.07, 6.45) is 2.39. The van der Waals surface area contributed by atoms with Crippen LogP contribution in [-0.2, 0) is 20.0 Å². The first-order valence-corrected chi connectivity index (χ1v) is 16.7. The van der Waals surface area contributed by atoms with Crippen LogP contribution in [0.25, 0.3) is 0 Å². The first-order valence-electron chi connectivity index (χ1n) is 13.8. The van der Waals surface area contributed by atoms with E-state index in [0.29, 0.717) is 30.2 Å². The lowest BCUT2D eigenvalue weighted by molar-refractivity contribution is 0.234. The van der Waals surface area contributed by atoms with Crippen LogP contribution in [0, 0.1) is 6.92 Å². The number of methoxy groups -OCH3 is 1. The molecule has 9 nitrogen and oxygen atoms in total. The summed E-state index contributed by atoms with van der Waals surface area (Å²) in [6, 6.07) is 22.1. The molecule has 0 aliphatic carbocycles. The molecule has 0 N–H and O–H groups in total. The number of nitrogens with zero attached hydrogens (tertiary/aromatic N) is 4. The van der Waals surface area contributed by atoms with Gasteiger partial charge in [-0.2, -0.15) is 12.7 Å². The highest BCUT2D eigenvalue weighted by atomic mass is 32.2. The molecule has 0 amide bonds. The molecule has 2 aliphatic rings. The number of sulfonamides is 2. The van der Waals surface area contributed by atoms with Gasteiger partial charge in [-0.05, 0) is 74.8 Å². The molecule has 3 aromatic carbocycles. The van der Waals surface area contributed by atoms with E-state index in [0.717, 1.165) is 37.9 Å². The Kier molecular flexibility index (Phi) is 8.79. The molecule has 0 spiro atoms. The topological polar surface area (TPSA) is 99.6 Å². The monoisotopic (exact) mass is 596 g/mol. The zero-order chi connectivity index (χ0) is 29.0. The Bertz CT molecular complexity index is 1570. The normalized spacial score (nSPS) is 19.4. The molecule has 1 unspecified atom stereocenters. The summed E-state index contributed by atoms with van der Waals surface area (Å²) in [5.74, 6) is 0.971. The molecular weight excluding hydrogens is 560 g/mol. The number of aryl methyl sites for hydroxylation is 1. The summed E-state index contributed by atoms with van der Waals surface area (Å²) in [4.78, 5) is 4.32. The van der Waals surface area contributed by atoms with Gasteiger partial charge in [0.2, 0.25) is 10.0 Å². The highest BCUT2D eigenvalue weighted by Crippen LogP contribution is 2.36. The zero-order valence-electron chi connectivity index (χ0n) is 23.4. The summed E-state index contributed by atoms with van der Waals surface area (Å²) in [7, 11) is -6.39. The van der Waals surface area contributed by atoms with Gasteiger partial charge in [0, 0.05) is 13.1 Å². The Labute approximate surface area is 243 Å². The van der Waals surface area contributed by atoms with Crippen molar-refractivity contribution in [2.24, 2.45) is 4.40 Å². The molecule has 2 aliphatic heterocycles. The van der Waals surface area contributed by atoms with Gasteiger partial charge in [0.15, 0.2) is 0 Å². The van der Waals surface area contributed by atoms with Gasteiger partial charge in [0.1, 0.15) is 17.8 Å². The van der Waals surface area contributed by atoms with E-state index in [1.807, 2.05) is 24.0 Å². The number of hydrogen-bond acceptors (Lipinski definition) is 6. The van der Waals surface area contributed by atoms with Gasteiger partial charge >= 0.3 is 0 Å². The Hall–Kier alpha value is -3.25. The van der Waals surface area contributed by atoms with Gasteiger partial charge in [0.25, 0.3) is 10.0 Å². The maximum atomic E-state index is 13.9. The van der Waals surface area contributed by atoms with Crippen LogP contribution in [-0.4, -0.2) is 76.6 Å². The second-order valence-electron chi connectivity index (χ2n) is 10.4. The third-order valence-electron chi connectivity index (χ3n) is 7.58. The summed E-state index contributed by atoms with van der Waals surface area (Å²) in [6.45, 7) is 4.33. The predicted octanol–water partition coefficient (Wildman–Crippen LogP) is 4.28. The fourth-order valence-corrected chi connectivity index (χ4v) is 7.99. The van der Waals surface area contributed by atoms with E-state index in [2.05, 4.69) is 9.30 Å². The molecule has 0 aromatic heterocycles. The first-order chi connectivity index (χ1) is 19.7. The lowest BCUT2D eigenvalue weighted by atomic mass is 10.1. The van der Waals surface area contributed by atoms with E-state index in [1.54, 1.807) is 73.8 Å². The van der Waals surface area contributed by atoms with E-state index in [4.69, 9.17) is 4.74 Å². The SMILES string of the molecule is COc1ccc(C2N(/C(CN3CCCCC3)=N/S(=O)(=O)c3ccc(C)cc3)CCN2S(=O)(=O)c2ccccc2)cc1. The Morgan fingerprint density at radius 3 is 2.10 bits per heavy atom. The van der Waals surface area contributed by atoms with Crippen LogP contribution < -0.4 is 4.74 Å². The third kappa shape index (κ3) is 6.48. The van der Waals surface area contributed by atoms with Crippen molar-refractivity contribution < 1.29 is 21.6 Å². The minimum atomic E-state index is -4.05. The van der Waals surface area contributed by atoms with Crippen LogP contribution in [0.5, 0.6) is 5.75 Å². The predicted molar refractivity (Wildman–Crippen MR) is 159 cm³/mol. The van der Waals surface area contributed by atoms with Gasteiger partial charge in [-0.3, -0.25) is 4.90 Å². The maximum Gasteiger partial charge on any atom is 0.283 e. The number of amidine groups is 1. The average Bonchev–Trinajstić information content (AvgIpc) is 3.44. The number of ether oxygens (including phenoxy) is 1. The molecule has 41 heavy (non-hydrogen) atoms. The lowest BCUT2D eigenvalue weighted by Gasteiger charge is -2.35. The number of benzene rings is 3. The van der Waals surface area contributed by atoms with Crippen molar-refractivity contribution in [2.45, 2.75) is 42.1 Å². The van der Waals surface area contributed by atoms with Crippen LogP contribution in [0.15, 0.2) is 93.1 Å². The van der Waals surface area contributed by atoms with Gasteiger partial charge < -0.3 is 9.64 Å². The molecule has 3 aromatic rings. The Morgan fingerprint density at radius 2 is 1.46 bits per heavy atom. The molecule has 0 radical (unpaired) electrons. The molecule has 5 rings (SSSR count). The standard InChI is InChI=1S/C30H36N4O5S2/c1-24-11-17-27(18-12-24)40(35,36)31-29(23-32-19-7-4-8-20-32)33-21-22-34(41(37,38)28-9-5-3-6-10-28)30(33)25-13-15-26(39-2)16-14-25/h3,5-6,9-18,30H,4,7-8,19-23H2,1-2H3/b31-29+. The molecule has 0 saturated carbocycles. The second-order valence-corrected chi connectivity index (χ2v) is 13.9. The first kappa shape index (κ1) is 29.2. The number of rotatable bonds is 8. The summed E-state index contributed by atoms with van der Waals surface area (Å²) in [5.41, 5.74) is 1.64. The quantitative estimate of drug-likeness (QED) is 0.283. The summed E-state index contributed by atoms with van der Waals surface area (Å²) >= 11 is 0. The second kappa shape index (κ2) is 12.3. The summed E-state index contributed by atoms with van der Waals surface area (Å²) < 4.78 is 66.3. The van der Waals surface area contributed by atoms with Crippen LogP contribution >= 0.6 is 0 Å². The van der Waals surface area contributed by atoms with E-state index in [-0.39, 0.29) is 16.3 Å². The van der Waals surface area contributed by atoms with Crippen molar-refractivity contribution in [3.8, 4) is 5.75 Å². The van der Waals surface area contributed by atoms with E-state index in [9.17, 15) is 16.8 Å². The van der Waals surface area contributed by atoms with Crippen molar-refractivity contribution in [1.82, 2.24) is 14.1 Å². The number of piperidine rings is 1. The van der Waals surface area contributed by atoms with Crippen LogP contribution in [0.1, 0.15) is 36.6 Å². The molecule has 0 bridgehead atoms. The highest BCUT2D eigenvalue weighted by molar-refractivity contribution is 7.90. The van der Waals surface area contributed by atoms with Gasteiger partial charge in [-0.25, -0.2) is 8.42 Å². The maximum absolute atomic E-state index is 13.9. The van der Waals surface area contributed by atoms with Crippen molar-refractivity contribution >= 4 is 25.9 Å².